The molecule has 0 bridgehead atoms. The van der Waals surface area contributed by atoms with Gasteiger partial charge in [-0.1, -0.05) is 64.2 Å². The zero-order valence-corrected chi connectivity index (χ0v) is 34.6. The monoisotopic (exact) mass is 729 g/mol. The van der Waals surface area contributed by atoms with Crippen molar-refractivity contribution >= 4 is 0 Å². The maximum Gasteiger partial charge on any atom is -0.0168 e. The van der Waals surface area contributed by atoms with Crippen molar-refractivity contribution in [3.63, 3.8) is 0 Å². The summed E-state index contributed by atoms with van der Waals surface area (Å²) in [6, 6.07) is 0. The fourth-order valence-corrected chi connectivity index (χ4v) is 26.1. The largest absolute Gasteiger partial charge is 0.0530 e. The summed E-state index contributed by atoms with van der Waals surface area (Å²) >= 11 is 0. The molecule has 15 fully saturated rings. The summed E-state index contributed by atoms with van der Waals surface area (Å²) in [5, 5.41) is 0. The van der Waals surface area contributed by atoms with Gasteiger partial charge in [-0.05, 0) is 268 Å². The van der Waals surface area contributed by atoms with Gasteiger partial charge < -0.3 is 0 Å². The quantitative estimate of drug-likeness (QED) is 0.233. The number of hydrogen-bond donors (Lipinski definition) is 0. The van der Waals surface area contributed by atoms with E-state index in [1.54, 1.807) is 173 Å². The Balaban J connectivity index is 0.857. The highest BCUT2D eigenvalue weighted by Crippen LogP contribution is 2.85. The van der Waals surface area contributed by atoms with Gasteiger partial charge in [-0.15, -0.1) is 0 Å². The molecule has 54 heavy (non-hydrogen) atoms. The van der Waals surface area contributed by atoms with E-state index >= 15 is 0 Å². The van der Waals surface area contributed by atoms with Crippen LogP contribution in [0.1, 0.15) is 173 Å². The van der Waals surface area contributed by atoms with Crippen molar-refractivity contribution in [2.45, 2.75) is 173 Å². The first kappa shape index (κ1) is 32.8. The summed E-state index contributed by atoms with van der Waals surface area (Å²) in [5.74, 6) is 30.5. The Kier molecular flexibility index (Phi) is 7.07. The smallest absolute Gasteiger partial charge is 0.0168 e. The zero-order valence-electron chi connectivity index (χ0n) is 34.6. The van der Waals surface area contributed by atoms with Gasteiger partial charge in [0, 0.05) is 0 Å². The van der Waals surface area contributed by atoms with Gasteiger partial charge in [0.15, 0.2) is 0 Å². The summed E-state index contributed by atoms with van der Waals surface area (Å²) in [7, 11) is 0. The third kappa shape index (κ3) is 3.91. The molecule has 15 saturated carbocycles. The van der Waals surface area contributed by atoms with Gasteiger partial charge >= 0.3 is 0 Å². The Morgan fingerprint density at radius 1 is 0.222 bits per heavy atom. The second kappa shape index (κ2) is 11.6. The third-order valence-electron chi connectivity index (χ3n) is 26.0. The molecule has 26 atom stereocenters. The molecule has 0 aliphatic heterocycles. The highest BCUT2D eigenvalue weighted by Gasteiger charge is 2.80. The molecule has 0 heteroatoms. The normalized spacial score (nSPS) is 67.6. The van der Waals surface area contributed by atoms with Crippen molar-refractivity contribution in [1.82, 2.24) is 0 Å². The van der Waals surface area contributed by atoms with Crippen molar-refractivity contribution in [3.05, 3.63) is 0 Å². The van der Waals surface area contributed by atoms with Gasteiger partial charge in [-0.25, -0.2) is 0 Å². The average molecular weight is 729 g/mol. The SMILES string of the molecule is C1CCC2C(C1)CC1CC3C(CC12)C1CCC2CC4CCC5C6CC7C(CC8CCCCC87)CC6C6C7CCCCC7C7(C8CCCCC8C3C1C27)C4C56. The third-order valence-corrected chi connectivity index (χ3v) is 26.0. The molecule has 15 aliphatic rings. The van der Waals surface area contributed by atoms with Gasteiger partial charge in [0.25, 0.3) is 0 Å². The molecule has 0 radical (unpaired) electrons. The molecule has 15 rings (SSSR count). The van der Waals surface area contributed by atoms with Crippen molar-refractivity contribution in [1.29, 1.82) is 0 Å². The fraction of sp³-hybridized carbons (Fsp3) is 1.00. The van der Waals surface area contributed by atoms with Crippen LogP contribution in [0.5, 0.6) is 0 Å². The van der Waals surface area contributed by atoms with E-state index in [0.29, 0.717) is 0 Å². The van der Waals surface area contributed by atoms with Crippen LogP contribution in [0.4, 0.5) is 0 Å². The number of fused-ring (bicyclic) bond motifs is 16. The summed E-state index contributed by atoms with van der Waals surface area (Å²) in [6.07, 6.45) is 45.1. The Hall–Kier alpha value is 0. The fourth-order valence-electron chi connectivity index (χ4n) is 26.1. The van der Waals surface area contributed by atoms with Crippen LogP contribution in [0.15, 0.2) is 0 Å². The van der Waals surface area contributed by atoms with Crippen LogP contribution in [0.3, 0.4) is 0 Å². The molecule has 0 N–H and O–H groups in total. The molecule has 0 nitrogen and oxygen atoms in total. The van der Waals surface area contributed by atoms with Gasteiger partial charge in [-0.2, -0.15) is 0 Å². The van der Waals surface area contributed by atoms with E-state index in [-0.39, 0.29) is 0 Å². The van der Waals surface area contributed by atoms with Gasteiger partial charge in [0.2, 0.25) is 0 Å². The van der Waals surface area contributed by atoms with E-state index in [9.17, 15) is 0 Å². The first-order valence-electron chi connectivity index (χ1n) is 26.8. The standard InChI is InChI=1S/C54H80/c1-3-11-34-28(9-1)21-32-24-44-42(26-40(32)34)36-19-17-30-23-31-18-20-37-43-27-41-33(22-29-10-2-4-12-35(29)41)25-45(43)49-39-14-6-8-16-47(39)54(53(31)51(37)49)46-15-7-5-13-38(46)48(44)50(36)52(30)54/h28-53H,1-27H2. The minimum absolute atomic E-state index is 0.805. The first-order valence-corrected chi connectivity index (χ1v) is 26.8. The highest BCUT2D eigenvalue weighted by atomic mass is 14.8. The van der Waals surface area contributed by atoms with Crippen LogP contribution in [0.25, 0.3) is 0 Å². The van der Waals surface area contributed by atoms with E-state index in [1.165, 1.54) is 118 Å². The molecular formula is C54H80. The molecule has 26 unspecified atom stereocenters. The van der Waals surface area contributed by atoms with Crippen LogP contribution in [0, 0.1) is 159 Å². The minimum atomic E-state index is 0.805. The summed E-state index contributed by atoms with van der Waals surface area (Å²) in [6.45, 7) is 0. The Morgan fingerprint density at radius 2 is 0.648 bits per heavy atom. The van der Waals surface area contributed by atoms with E-state index in [0.717, 1.165) is 40.9 Å². The topological polar surface area (TPSA) is 0 Å². The van der Waals surface area contributed by atoms with Crippen molar-refractivity contribution in [2.24, 2.45) is 159 Å². The lowest BCUT2D eigenvalue weighted by Gasteiger charge is -2.77. The summed E-state index contributed by atoms with van der Waals surface area (Å²) < 4.78 is 0. The van der Waals surface area contributed by atoms with Crippen LogP contribution in [-0.2, 0) is 0 Å². The van der Waals surface area contributed by atoms with Crippen LogP contribution < -0.4 is 0 Å². The van der Waals surface area contributed by atoms with Crippen molar-refractivity contribution in [2.75, 3.05) is 0 Å². The molecule has 0 aromatic heterocycles. The summed E-state index contributed by atoms with van der Waals surface area (Å²) in [5.41, 5.74) is 0.805. The van der Waals surface area contributed by atoms with Gasteiger partial charge in [0.05, 0.1) is 0 Å². The zero-order chi connectivity index (χ0) is 34.6. The second-order valence-electron chi connectivity index (χ2n) is 26.0. The number of rotatable bonds is 0. The van der Waals surface area contributed by atoms with E-state index in [4.69, 9.17) is 0 Å². The maximum absolute atomic E-state index is 1.74. The highest BCUT2D eigenvalue weighted by molar-refractivity contribution is 5.27. The predicted molar refractivity (Wildman–Crippen MR) is 218 cm³/mol. The van der Waals surface area contributed by atoms with Crippen molar-refractivity contribution < 1.29 is 0 Å². The molecular weight excluding hydrogens is 649 g/mol. The molecule has 1 spiro atoms. The predicted octanol–water partition coefficient (Wildman–Crippen LogP) is 13.7. The molecule has 0 saturated heterocycles. The second-order valence-corrected chi connectivity index (χ2v) is 26.0. The Labute approximate surface area is 331 Å². The van der Waals surface area contributed by atoms with Crippen LogP contribution >= 0.6 is 0 Å². The molecule has 0 aromatic carbocycles. The minimum Gasteiger partial charge on any atom is -0.0530 e. The molecule has 15 aliphatic carbocycles. The molecule has 296 valence electrons. The average Bonchev–Trinajstić information content (AvgIpc) is 3.95. The Morgan fingerprint density at radius 3 is 1.15 bits per heavy atom. The first-order chi connectivity index (χ1) is 26.8. The van der Waals surface area contributed by atoms with Gasteiger partial charge in [-0.3, -0.25) is 0 Å². The molecule has 0 aromatic rings. The summed E-state index contributed by atoms with van der Waals surface area (Å²) in [4.78, 5) is 0. The number of hydrogen-bond acceptors (Lipinski definition) is 0. The van der Waals surface area contributed by atoms with E-state index in [2.05, 4.69) is 0 Å². The van der Waals surface area contributed by atoms with Crippen LogP contribution in [-0.4, -0.2) is 0 Å². The van der Waals surface area contributed by atoms with Gasteiger partial charge in [0.1, 0.15) is 0 Å². The lowest BCUT2D eigenvalue weighted by atomic mass is 9.27. The Bertz CT molecular complexity index is 1400. The van der Waals surface area contributed by atoms with E-state index < -0.39 is 0 Å². The molecule has 0 heterocycles. The van der Waals surface area contributed by atoms with E-state index in [1.807, 2.05) is 0 Å². The lowest BCUT2D eigenvalue weighted by Crippen LogP contribution is -2.72. The maximum atomic E-state index is 1.74. The molecule has 0 amide bonds. The lowest BCUT2D eigenvalue weighted by molar-refractivity contribution is -0.300. The van der Waals surface area contributed by atoms with Crippen LogP contribution in [0.2, 0.25) is 0 Å². The van der Waals surface area contributed by atoms with Crippen molar-refractivity contribution in [3.8, 4) is 0 Å².